The minimum Gasteiger partial charge on any atom is -0.493 e. The molecule has 1 atom stereocenters. The Kier molecular flexibility index (Phi) is 6.00. The summed E-state index contributed by atoms with van der Waals surface area (Å²) in [7, 11) is 1.53. The van der Waals surface area contributed by atoms with Gasteiger partial charge in [-0.25, -0.2) is 5.48 Å². The van der Waals surface area contributed by atoms with Crippen LogP contribution >= 0.6 is 0 Å². The van der Waals surface area contributed by atoms with Gasteiger partial charge in [-0.05, 0) is 55.5 Å². The summed E-state index contributed by atoms with van der Waals surface area (Å²) in [6, 6.07) is 8.71. The molecular weight excluding hydrogens is 414 g/mol. The number of nitrogens with zero attached hydrogens (tertiary/aromatic N) is 1. The van der Waals surface area contributed by atoms with Crippen LogP contribution in [0.1, 0.15) is 64.4 Å². The summed E-state index contributed by atoms with van der Waals surface area (Å²) in [5, 5.41) is 9.10. The molecule has 1 aliphatic carbocycles. The number of amides is 3. The number of hydrogen-bond donors (Lipinski definition) is 3. The summed E-state index contributed by atoms with van der Waals surface area (Å²) in [6.45, 7) is 0. The van der Waals surface area contributed by atoms with E-state index in [2.05, 4.69) is 0 Å². The van der Waals surface area contributed by atoms with Crippen molar-refractivity contribution < 1.29 is 29.1 Å². The van der Waals surface area contributed by atoms with Gasteiger partial charge in [0.2, 0.25) is 5.91 Å². The Bertz CT molecular complexity index is 1060. The van der Waals surface area contributed by atoms with Crippen LogP contribution < -0.4 is 20.7 Å². The third kappa shape index (κ3) is 3.87. The largest absolute Gasteiger partial charge is 0.493 e. The molecule has 1 fully saturated rings. The molecule has 0 spiro atoms. The number of carbonyl (C=O) groups is 3. The van der Waals surface area contributed by atoms with Gasteiger partial charge in [0.05, 0.1) is 36.8 Å². The maximum atomic E-state index is 13.2. The van der Waals surface area contributed by atoms with Gasteiger partial charge in [-0.3, -0.25) is 24.5 Å². The topological polar surface area (TPSA) is 131 Å². The van der Waals surface area contributed by atoms with Gasteiger partial charge in [0, 0.05) is 5.69 Å². The quantitative estimate of drug-likeness (QED) is 0.262. The van der Waals surface area contributed by atoms with Crippen LogP contribution in [0, 0.1) is 0 Å². The molecule has 4 N–H and O–H groups in total. The summed E-state index contributed by atoms with van der Waals surface area (Å²) in [5.74, 6) is -0.899. The highest BCUT2D eigenvalue weighted by molar-refractivity contribution is 6.23. The summed E-state index contributed by atoms with van der Waals surface area (Å²) in [5.41, 5.74) is 8.51. The van der Waals surface area contributed by atoms with Crippen molar-refractivity contribution in [1.82, 2.24) is 10.4 Å². The van der Waals surface area contributed by atoms with Crippen molar-refractivity contribution in [3.05, 3.63) is 53.1 Å². The van der Waals surface area contributed by atoms with Crippen molar-refractivity contribution in [2.45, 2.75) is 44.2 Å². The highest BCUT2D eigenvalue weighted by atomic mass is 16.5. The number of fused-ring (bicyclic) bond motifs is 1. The lowest BCUT2D eigenvalue weighted by Crippen LogP contribution is -2.37. The Labute approximate surface area is 185 Å². The number of imide groups is 1. The molecule has 2 aliphatic rings. The van der Waals surface area contributed by atoms with E-state index in [4.69, 9.17) is 20.4 Å². The minimum absolute atomic E-state index is 0.0532. The van der Waals surface area contributed by atoms with Gasteiger partial charge in [0.15, 0.2) is 11.5 Å². The lowest BCUT2D eigenvalue weighted by atomic mass is 10.0. The molecule has 1 heterocycles. The fourth-order valence-corrected chi connectivity index (χ4v) is 4.37. The van der Waals surface area contributed by atoms with Gasteiger partial charge in [0.25, 0.3) is 11.8 Å². The second-order valence-corrected chi connectivity index (χ2v) is 7.94. The lowest BCUT2D eigenvalue weighted by Gasteiger charge is -2.27. The van der Waals surface area contributed by atoms with Crippen LogP contribution in [0.15, 0.2) is 36.4 Å². The molecule has 1 unspecified atom stereocenters. The maximum absolute atomic E-state index is 13.2. The number of nitrogens with two attached hydrogens (primary N) is 1. The average Bonchev–Trinajstić information content (AvgIpc) is 3.39. The van der Waals surface area contributed by atoms with E-state index in [0.717, 1.165) is 30.6 Å². The monoisotopic (exact) mass is 439 g/mol. The van der Waals surface area contributed by atoms with Crippen LogP contribution in [0.4, 0.5) is 5.69 Å². The van der Waals surface area contributed by atoms with E-state index in [1.165, 1.54) is 13.2 Å². The van der Waals surface area contributed by atoms with Crippen LogP contribution in [0.3, 0.4) is 0 Å². The Hall–Kier alpha value is -3.59. The first kappa shape index (κ1) is 21.6. The number of ether oxygens (including phenoxy) is 2. The highest BCUT2D eigenvalue weighted by Gasteiger charge is 2.42. The minimum atomic E-state index is -0.981. The van der Waals surface area contributed by atoms with E-state index in [1.54, 1.807) is 35.8 Å². The van der Waals surface area contributed by atoms with Gasteiger partial charge in [-0.15, -0.1) is 0 Å². The number of nitrogens with one attached hydrogen (secondary N) is 1. The fourth-order valence-electron chi connectivity index (χ4n) is 4.37. The number of hydrogen-bond acceptors (Lipinski definition) is 7. The predicted octanol–water partition coefficient (Wildman–Crippen LogP) is 2.83. The van der Waals surface area contributed by atoms with Crippen molar-refractivity contribution in [3.8, 4) is 11.5 Å². The molecular formula is C23H25N3O6. The Morgan fingerprint density at radius 2 is 1.94 bits per heavy atom. The first-order valence-corrected chi connectivity index (χ1v) is 10.5. The molecule has 0 saturated heterocycles. The van der Waals surface area contributed by atoms with Crippen molar-refractivity contribution in [2.24, 2.45) is 0 Å². The zero-order valence-electron chi connectivity index (χ0n) is 17.7. The van der Waals surface area contributed by atoms with Crippen LogP contribution in [-0.2, 0) is 4.79 Å². The predicted molar refractivity (Wildman–Crippen MR) is 115 cm³/mol. The zero-order chi connectivity index (χ0) is 22.8. The number of benzene rings is 2. The van der Waals surface area contributed by atoms with Crippen molar-refractivity contribution in [2.75, 3.05) is 12.8 Å². The van der Waals surface area contributed by atoms with Gasteiger partial charge < -0.3 is 15.2 Å². The van der Waals surface area contributed by atoms with Gasteiger partial charge in [-0.2, -0.15) is 0 Å². The van der Waals surface area contributed by atoms with Crippen molar-refractivity contribution in [3.63, 3.8) is 0 Å². The third-order valence-corrected chi connectivity index (χ3v) is 5.96. The van der Waals surface area contributed by atoms with E-state index >= 15 is 0 Å². The molecule has 0 bridgehead atoms. The third-order valence-electron chi connectivity index (χ3n) is 5.96. The number of nitrogen functional groups attached to an aromatic ring is 1. The molecule has 3 amide bonds. The van der Waals surface area contributed by atoms with E-state index < -0.39 is 23.8 Å². The first-order chi connectivity index (χ1) is 15.4. The number of rotatable bonds is 7. The molecule has 168 valence electrons. The van der Waals surface area contributed by atoms with Crippen molar-refractivity contribution in [1.29, 1.82) is 0 Å². The number of anilines is 1. The average molecular weight is 439 g/mol. The number of methoxy groups -OCH3 is 1. The van der Waals surface area contributed by atoms with Crippen LogP contribution in [0.5, 0.6) is 11.5 Å². The zero-order valence-corrected chi connectivity index (χ0v) is 17.7. The second kappa shape index (κ2) is 8.88. The van der Waals surface area contributed by atoms with E-state index in [0.29, 0.717) is 17.1 Å². The van der Waals surface area contributed by atoms with E-state index in [9.17, 15) is 14.4 Å². The lowest BCUT2D eigenvalue weighted by molar-refractivity contribution is -0.130. The SMILES string of the molecule is COc1ccc(C(CC(=O)NO)N2C(=O)c3cccc(N)c3C2=O)cc1OC1CCCC1. The normalized spacial score (nSPS) is 16.8. The maximum Gasteiger partial charge on any atom is 0.264 e. The smallest absolute Gasteiger partial charge is 0.264 e. The Balaban J connectivity index is 1.74. The Morgan fingerprint density at radius 1 is 1.19 bits per heavy atom. The summed E-state index contributed by atoms with van der Waals surface area (Å²) in [4.78, 5) is 39.4. The molecule has 0 radical (unpaired) electrons. The van der Waals surface area contributed by atoms with Crippen LogP contribution in [0.25, 0.3) is 0 Å². The molecule has 2 aromatic carbocycles. The van der Waals surface area contributed by atoms with Crippen LogP contribution in [0.2, 0.25) is 0 Å². The van der Waals surface area contributed by atoms with Gasteiger partial charge in [-0.1, -0.05) is 12.1 Å². The molecule has 2 aromatic rings. The second-order valence-electron chi connectivity index (χ2n) is 7.94. The molecule has 32 heavy (non-hydrogen) atoms. The van der Waals surface area contributed by atoms with Crippen molar-refractivity contribution >= 4 is 23.4 Å². The molecule has 9 nitrogen and oxygen atoms in total. The summed E-state index contributed by atoms with van der Waals surface area (Å²) >= 11 is 0. The van der Waals surface area contributed by atoms with E-state index in [-0.39, 0.29) is 29.3 Å². The molecule has 1 saturated carbocycles. The molecule has 1 aliphatic heterocycles. The van der Waals surface area contributed by atoms with Gasteiger partial charge >= 0.3 is 0 Å². The molecule has 4 rings (SSSR count). The van der Waals surface area contributed by atoms with Gasteiger partial charge in [0.1, 0.15) is 0 Å². The first-order valence-electron chi connectivity index (χ1n) is 10.5. The number of carbonyl (C=O) groups excluding carboxylic acids is 3. The van der Waals surface area contributed by atoms with Crippen LogP contribution in [-0.4, -0.2) is 41.0 Å². The van der Waals surface area contributed by atoms with E-state index in [1.807, 2.05) is 0 Å². The summed E-state index contributed by atoms with van der Waals surface area (Å²) in [6.07, 6.45) is 3.75. The highest BCUT2D eigenvalue weighted by Crippen LogP contribution is 2.39. The molecule has 0 aromatic heterocycles. The molecule has 9 heteroatoms. The standard InChI is InChI=1S/C23H25N3O6/c1-31-18-10-9-13(11-19(18)32-14-5-2-3-6-14)17(12-20(27)25-30)26-22(28)15-7-4-8-16(24)21(15)23(26)29/h4,7-11,14,17,30H,2-3,5-6,12,24H2,1H3,(H,25,27). The summed E-state index contributed by atoms with van der Waals surface area (Å²) < 4.78 is 11.6. The number of hydroxylamine groups is 1. The fraction of sp³-hybridized carbons (Fsp3) is 0.348. The Morgan fingerprint density at radius 3 is 2.59 bits per heavy atom.